The number of anilines is 1. The summed E-state index contributed by atoms with van der Waals surface area (Å²) < 4.78 is 5.34. The lowest BCUT2D eigenvalue weighted by atomic mass is 9.86. The molecule has 4 nitrogen and oxygen atoms in total. The molecule has 0 radical (unpaired) electrons. The minimum Gasteiger partial charge on any atom is -0.495 e. The number of nitrogens with zero attached hydrogens (tertiary/aromatic N) is 1. The maximum atomic E-state index is 12.5. The molecule has 98 valence electrons. The summed E-state index contributed by atoms with van der Waals surface area (Å²) in [6.07, 6.45) is 0. The molecular formula is C13H17ClN2O2. The second-order valence-corrected chi connectivity index (χ2v) is 5.25. The van der Waals surface area contributed by atoms with E-state index in [0.717, 1.165) is 11.3 Å². The van der Waals surface area contributed by atoms with Gasteiger partial charge in [-0.2, -0.15) is 0 Å². The van der Waals surface area contributed by atoms with Gasteiger partial charge in [-0.05, 0) is 26.0 Å². The van der Waals surface area contributed by atoms with Crippen LogP contribution >= 0.6 is 11.6 Å². The zero-order valence-corrected chi connectivity index (χ0v) is 11.5. The molecule has 0 spiro atoms. The van der Waals surface area contributed by atoms with Crippen LogP contribution in [0.25, 0.3) is 0 Å². The highest BCUT2D eigenvalue weighted by Crippen LogP contribution is 2.49. The number of halogens is 1. The second kappa shape index (κ2) is 4.44. The molecule has 2 N–H and O–H groups in total. The topological polar surface area (TPSA) is 55.6 Å². The number of benzene rings is 1. The van der Waals surface area contributed by atoms with E-state index in [1.165, 1.54) is 0 Å². The molecule has 1 aliphatic rings. The first-order valence-corrected chi connectivity index (χ1v) is 6.22. The zero-order chi connectivity index (χ0) is 13.5. The predicted octanol–water partition coefficient (Wildman–Crippen LogP) is 1.93. The number of hydrogen-bond donors (Lipinski definition) is 1. The number of ether oxygens (including phenoxy) is 1. The number of rotatable bonds is 3. The molecule has 18 heavy (non-hydrogen) atoms. The lowest BCUT2D eigenvalue weighted by Crippen LogP contribution is -2.39. The standard InChI is InChI=1S/C13H17ClN2O2/c1-13(2)10-8(14)4-5-9(18-3)11(10)16(7-6-15)12(13)17/h4-5H,6-7,15H2,1-3H3. The average Bonchev–Trinajstić information content (AvgIpc) is 2.52. The van der Waals surface area contributed by atoms with Gasteiger partial charge in [0.1, 0.15) is 5.75 Å². The van der Waals surface area contributed by atoms with Crippen LogP contribution in [-0.2, 0) is 10.2 Å². The highest BCUT2D eigenvalue weighted by atomic mass is 35.5. The van der Waals surface area contributed by atoms with Crippen LogP contribution in [0.3, 0.4) is 0 Å². The third-order valence-corrected chi connectivity index (χ3v) is 3.65. The molecule has 0 atom stereocenters. The van der Waals surface area contributed by atoms with Crippen LogP contribution in [0.2, 0.25) is 5.02 Å². The Labute approximate surface area is 112 Å². The molecule has 5 heteroatoms. The average molecular weight is 269 g/mol. The highest BCUT2D eigenvalue weighted by molar-refractivity contribution is 6.33. The van der Waals surface area contributed by atoms with Gasteiger partial charge in [0.15, 0.2) is 0 Å². The first-order valence-electron chi connectivity index (χ1n) is 5.84. The fourth-order valence-corrected chi connectivity index (χ4v) is 2.85. The van der Waals surface area contributed by atoms with Gasteiger partial charge in [-0.15, -0.1) is 0 Å². The van der Waals surface area contributed by atoms with Crippen molar-refractivity contribution in [1.82, 2.24) is 0 Å². The summed E-state index contributed by atoms with van der Waals surface area (Å²) in [5, 5.41) is 0.587. The molecule has 0 saturated heterocycles. The lowest BCUT2D eigenvalue weighted by molar-refractivity contribution is -0.122. The van der Waals surface area contributed by atoms with Crippen molar-refractivity contribution in [3.05, 3.63) is 22.7 Å². The molecule has 1 aliphatic heterocycles. The molecule has 1 heterocycles. The van der Waals surface area contributed by atoms with E-state index in [9.17, 15) is 4.79 Å². The summed E-state index contributed by atoms with van der Waals surface area (Å²) in [6, 6.07) is 3.54. The van der Waals surface area contributed by atoms with Gasteiger partial charge in [0.25, 0.3) is 0 Å². The van der Waals surface area contributed by atoms with E-state index >= 15 is 0 Å². The third-order valence-electron chi connectivity index (χ3n) is 3.34. The van der Waals surface area contributed by atoms with E-state index in [2.05, 4.69) is 0 Å². The Kier molecular flexibility index (Phi) is 3.25. The number of carbonyl (C=O) groups excluding carboxylic acids is 1. The molecule has 0 aliphatic carbocycles. The summed E-state index contributed by atoms with van der Waals surface area (Å²) in [5.74, 6) is 0.663. The summed E-state index contributed by atoms with van der Waals surface area (Å²) in [6.45, 7) is 4.61. The molecular weight excluding hydrogens is 252 g/mol. The van der Waals surface area contributed by atoms with Gasteiger partial charge >= 0.3 is 0 Å². The molecule has 0 bridgehead atoms. The van der Waals surface area contributed by atoms with Crippen molar-refractivity contribution in [1.29, 1.82) is 0 Å². The normalized spacial score (nSPS) is 16.9. The Hall–Kier alpha value is -1.26. The van der Waals surface area contributed by atoms with Crippen molar-refractivity contribution in [2.45, 2.75) is 19.3 Å². The summed E-state index contributed by atoms with van der Waals surface area (Å²) in [7, 11) is 1.58. The van der Waals surface area contributed by atoms with Gasteiger partial charge in [0, 0.05) is 23.7 Å². The van der Waals surface area contributed by atoms with Crippen molar-refractivity contribution < 1.29 is 9.53 Å². The Morgan fingerprint density at radius 3 is 2.67 bits per heavy atom. The minimum absolute atomic E-state index is 0.00866. The van der Waals surface area contributed by atoms with E-state index in [1.54, 1.807) is 24.1 Å². The number of methoxy groups -OCH3 is 1. The summed E-state index contributed by atoms with van der Waals surface area (Å²) >= 11 is 6.25. The second-order valence-electron chi connectivity index (χ2n) is 4.84. The quantitative estimate of drug-likeness (QED) is 0.911. The molecule has 1 aromatic carbocycles. The molecule has 1 aromatic rings. The lowest BCUT2D eigenvalue weighted by Gasteiger charge is -2.20. The zero-order valence-electron chi connectivity index (χ0n) is 10.8. The molecule has 0 fully saturated rings. The van der Waals surface area contributed by atoms with Gasteiger partial charge in [-0.1, -0.05) is 11.6 Å². The summed E-state index contributed by atoms with van der Waals surface area (Å²) in [4.78, 5) is 14.1. The van der Waals surface area contributed by atoms with Crippen LogP contribution in [0.5, 0.6) is 5.75 Å². The van der Waals surface area contributed by atoms with Crippen LogP contribution in [-0.4, -0.2) is 26.1 Å². The largest absolute Gasteiger partial charge is 0.495 e. The van der Waals surface area contributed by atoms with Crippen LogP contribution < -0.4 is 15.4 Å². The van der Waals surface area contributed by atoms with Gasteiger partial charge in [0.05, 0.1) is 18.2 Å². The maximum Gasteiger partial charge on any atom is 0.237 e. The van der Waals surface area contributed by atoms with Crippen molar-refractivity contribution in [2.24, 2.45) is 5.73 Å². The van der Waals surface area contributed by atoms with Crippen molar-refractivity contribution in [3.8, 4) is 5.75 Å². The Bertz CT molecular complexity index is 500. The number of nitrogens with two attached hydrogens (primary N) is 1. The fraction of sp³-hybridized carbons (Fsp3) is 0.462. The van der Waals surface area contributed by atoms with Crippen molar-refractivity contribution in [2.75, 3.05) is 25.1 Å². The SMILES string of the molecule is COc1ccc(Cl)c2c1N(CCN)C(=O)C2(C)C. The first-order chi connectivity index (χ1) is 8.45. The number of amides is 1. The van der Waals surface area contributed by atoms with Gasteiger partial charge in [0.2, 0.25) is 5.91 Å². The van der Waals surface area contributed by atoms with Crippen LogP contribution in [0.1, 0.15) is 19.4 Å². The molecule has 1 amide bonds. The highest BCUT2D eigenvalue weighted by Gasteiger charge is 2.46. The van der Waals surface area contributed by atoms with E-state index in [-0.39, 0.29) is 5.91 Å². The molecule has 0 saturated carbocycles. The fourth-order valence-electron chi connectivity index (χ4n) is 2.46. The van der Waals surface area contributed by atoms with Crippen LogP contribution in [0, 0.1) is 0 Å². The predicted molar refractivity (Wildman–Crippen MR) is 72.4 cm³/mol. The Balaban J connectivity index is 2.70. The summed E-state index contributed by atoms with van der Waals surface area (Å²) in [5.41, 5.74) is 6.51. The number of fused-ring (bicyclic) bond motifs is 1. The van der Waals surface area contributed by atoms with Gasteiger partial charge < -0.3 is 15.4 Å². The Morgan fingerprint density at radius 1 is 1.44 bits per heavy atom. The molecule has 0 unspecified atom stereocenters. The van der Waals surface area contributed by atoms with E-state index < -0.39 is 5.41 Å². The molecule has 0 aromatic heterocycles. The minimum atomic E-state index is -0.643. The van der Waals surface area contributed by atoms with Crippen LogP contribution in [0.4, 0.5) is 5.69 Å². The maximum absolute atomic E-state index is 12.5. The van der Waals surface area contributed by atoms with E-state index in [0.29, 0.717) is 23.9 Å². The number of hydrogen-bond acceptors (Lipinski definition) is 3. The van der Waals surface area contributed by atoms with Crippen molar-refractivity contribution >= 4 is 23.2 Å². The third kappa shape index (κ3) is 1.68. The monoisotopic (exact) mass is 268 g/mol. The van der Waals surface area contributed by atoms with E-state index in [1.807, 2.05) is 13.8 Å². The smallest absolute Gasteiger partial charge is 0.237 e. The number of carbonyl (C=O) groups is 1. The van der Waals surface area contributed by atoms with Gasteiger partial charge in [-0.3, -0.25) is 4.79 Å². The van der Waals surface area contributed by atoms with E-state index in [4.69, 9.17) is 22.1 Å². The van der Waals surface area contributed by atoms with Crippen LogP contribution in [0.15, 0.2) is 12.1 Å². The van der Waals surface area contributed by atoms with Gasteiger partial charge in [-0.25, -0.2) is 0 Å². The molecule has 2 rings (SSSR count). The van der Waals surface area contributed by atoms with Crippen molar-refractivity contribution in [3.63, 3.8) is 0 Å². The Morgan fingerprint density at radius 2 is 2.11 bits per heavy atom. The first kappa shape index (κ1) is 13.2.